The van der Waals surface area contributed by atoms with Gasteiger partial charge in [0, 0.05) is 44.7 Å². The van der Waals surface area contributed by atoms with Crippen molar-refractivity contribution in [3.05, 3.63) is 0 Å². The molecular formula is C17H35N3O. The van der Waals surface area contributed by atoms with Gasteiger partial charge in [0.05, 0.1) is 0 Å². The Labute approximate surface area is 131 Å². The molecule has 4 heteroatoms. The fourth-order valence-electron chi connectivity index (χ4n) is 3.04. The fraction of sp³-hybridized carbons (Fsp3) is 0.941. The van der Waals surface area contributed by atoms with E-state index < -0.39 is 0 Å². The highest BCUT2D eigenvalue weighted by Crippen LogP contribution is 2.19. The lowest BCUT2D eigenvalue weighted by atomic mass is 9.97. The smallest absolute Gasteiger partial charge is 0.222 e. The zero-order valence-electron chi connectivity index (χ0n) is 14.7. The maximum absolute atomic E-state index is 11.7. The molecule has 1 N–H and O–H groups in total. The molecule has 0 saturated carbocycles. The molecule has 124 valence electrons. The molecule has 0 aromatic rings. The van der Waals surface area contributed by atoms with Crippen molar-refractivity contribution in [3.63, 3.8) is 0 Å². The molecule has 0 aliphatic carbocycles. The summed E-state index contributed by atoms with van der Waals surface area (Å²) in [5, 5.41) is 3.16. The van der Waals surface area contributed by atoms with Crippen LogP contribution in [0.3, 0.4) is 0 Å². The minimum atomic E-state index is 0.105. The summed E-state index contributed by atoms with van der Waals surface area (Å²) in [6, 6.07) is 0.402. The molecule has 0 radical (unpaired) electrons. The van der Waals surface area contributed by atoms with E-state index in [1.807, 2.05) is 27.7 Å². The summed E-state index contributed by atoms with van der Waals surface area (Å²) in [7, 11) is 0. The molecule has 0 aromatic carbocycles. The average molecular weight is 297 g/mol. The largest absolute Gasteiger partial charge is 0.353 e. The summed E-state index contributed by atoms with van der Waals surface area (Å²) in [5.41, 5.74) is 0. The second-order valence-corrected chi connectivity index (χ2v) is 6.46. The van der Waals surface area contributed by atoms with Crippen LogP contribution < -0.4 is 5.32 Å². The van der Waals surface area contributed by atoms with E-state index in [0.717, 1.165) is 31.8 Å². The average Bonchev–Trinajstić information content (AvgIpc) is 2.46. The van der Waals surface area contributed by atoms with Crippen molar-refractivity contribution in [3.8, 4) is 0 Å². The molecule has 0 unspecified atom stereocenters. The number of likely N-dealkylation sites (tertiary alicyclic amines) is 2. The van der Waals surface area contributed by atoms with Crippen LogP contribution in [0.2, 0.25) is 0 Å². The zero-order valence-corrected chi connectivity index (χ0v) is 14.7. The molecule has 2 aliphatic rings. The van der Waals surface area contributed by atoms with Gasteiger partial charge >= 0.3 is 0 Å². The standard InChI is InChI=1S/C15H29N3O.C2H6/c1-4-17-9-13(10-17)11-18-7-5-14(6-8-18)16-15(19)12(2)3;1-2/h12-14H,4-11H2,1-3H3,(H,16,19);1-2H3. The number of piperidine rings is 1. The Balaban J connectivity index is 0.00000106. The molecule has 1 amide bonds. The zero-order chi connectivity index (χ0) is 15.8. The monoisotopic (exact) mass is 297 g/mol. The molecule has 0 bridgehead atoms. The van der Waals surface area contributed by atoms with E-state index in [1.165, 1.54) is 26.2 Å². The highest BCUT2D eigenvalue weighted by molar-refractivity contribution is 5.78. The molecule has 0 aromatic heterocycles. The van der Waals surface area contributed by atoms with Gasteiger partial charge in [-0.25, -0.2) is 0 Å². The Morgan fingerprint density at radius 3 is 2.19 bits per heavy atom. The summed E-state index contributed by atoms with van der Waals surface area (Å²) in [4.78, 5) is 16.7. The minimum absolute atomic E-state index is 0.105. The normalized spacial score (nSPS) is 21.6. The van der Waals surface area contributed by atoms with Gasteiger partial charge in [0.15, 0.2) is 0 Å². The van der Waals surface area contributed by atoms with Crippen molar-refractivity contribution in [2.24, 2.45) is 11.8 Å². The van der Waals surface area contributed by atoms with E-state index in [9.17, 15) is 4.79 Å². The molecule has 0 atom stereocenters. The Morgan fingerprint density at radius 1 is 1.14 bits per heavy atom. The molecular weight excluding hydrogens is 262 g/mol. The molecule has 2 heterocycles. The van der Waals surface area contributed by atoms with Crippen molar-refractivity contribution in [1.29, 1.82) is 0 Å². The minimum Gasteiger partial charge on any atom is -0.353 e. The number of carbonyl (C=O) groups excluding carboxylic acids is 1. The van der Waals surface area contributed by atoms with Crippen LogP contribution >= 0.6 is 0 Å². The van der Waals surface area contributed by atoms with E-state index in [0.29, 0.717) is 6.04 Å². The predicted molar refractivity (Wildman–Crippen MR) is 89.4 cm³/mol. The molecule has 21 heavy (non-hydrogen) atoms. The van der Waals surface area contributed by atoms with Gasteiger partial charge in [0.2, 0.25) is 5.91 Å². The van der Waals surface area contributed by atoms with Crippen molar-refractivity contribution in [1.82, 2.24) is 15.1 Å². The molecule has 2 fully saturated rings. The number of carbonyl (C=O) groups is 1. The summed E-state index contributed by atoms with van der Waals surface area (Å²) in [6.45, 7) is 17.4. The van der Waals surface area contributed by atoms with E-state index >= 15 is 0 Å². The van der Waals surface area contributed by atoms with Crippen LogP contribution in [0.15, 0.2) is 0 Å². The second-order valence-electron chi connectivity index (χ2n) is 6.46. The number of nitrogens with one attached hydrogen (secondary N) is 1. The lowest BCUT2D eigenvalue weighted by Gasteiger charge is -2.42. The van der Waals surface area contributed by atoms with Crippen LogP contribution in [-0.2, 0) is 4.79 Å². The van der Waals surface area contributed by atoms with Crippen molar-refractivity contribution in [2.45, 2.75) is 53.5 Å². The third kappa shape index (κ3) is 5.95. The highest BCUT2D eigenvalue weighted by Gasteiger charge is 2.29. The Hall–Kier alpha value is -0.610. The predicted octanol–water partition coefficient (Wildman–Crippen LogP) is 2.20. The Kier molecular flexibility index (Phi) is 8.27. The van der Waals surface area contributed by atoms with Gasteiger partial charge in [-0.1, -0.05) is 34.6 Å². The van der Waals surface area contributed by atoms with Crippen LogP contribution in [0, 0.1) is 11.8 Å². The van der Waals surface area contributed by atoms with Gasteiger partial charge in [0.25, 0.3) is 0 Å². The molecule has 4 nitrogen and oxygen atoms in total. The van der Waals surface area contributed by atoms with E-state index in [2.05, 4.69) is 22.0 Å². The Bertz CT molecular complexity index is 292. The maximum atomic E-state index is 11.7. The van der Waals surface area contributed by atoms with Crippen molar-refractivity contribution >= 4 is 5.91 Å². The fourth-order valence-corrected chi connectivity index (χ4v) is 3.04. The summed E-state index contributed by atoms with van der Waals surface area (Å²) < 4.78 is 0. The van der Waals surface area contributed by atoms with Gasteiger partial charge in [-0.05, 0) is 25.3 Å². The van der Waals surface area contributed by atoms with E-state index in [-0.39, 0.29) is 11.8 Å². The first kappa shape index (κ1) is 18.4. The summed E-state index contributed by atoms with van der Waals surface area (Å²) in [6.07, 6.45) is 2.23. The molecule has 2 aliphatic heterocycles. The number of hydrogen-bond acceptors (Lipinski definition) is 3. The molecule has 2 rings (SSSR count). The first-order chi connectivity index (χ1) is 10.1. The van der Waals surface area contributed by atoms with Crippen molar-refractivity contribution < 1.29 is 4.79 Å². The first-order valence-electron chi connectivity index (χ1n) is 8.83. The van der Waals surface area contributed by atoms with Crippen LogP contribution in [0.25, 0.3) is 0 Å². The van der Waals surface area contributed by atoms with Gasteiger partial charge in [-0.3, -0.25) is 4.79 Å². The quantitative estimate of drug-likeness (QED) is 0.845. The van der Waals surface area contributed by atoms with Crippen LogP contribution in [0.4, 0.5) is 0 Å². The van der Waals surface area contributed by atoms with E-state index in [1.54, 1.807) is 0 Å². The lowest BCUT2D eigenvalue weighted by molar-refractivity contribution is -0.125. The number of rotatable bonds is 5. The summed E-state index contributed by atoms with van der Waals surface area (Å²) in [5.74, 6) is 1.19. The number of hydrogen-bond donors (Lipinski definition) is 1. The van der Waals surface area contributed by atoms with Crippen LogP contribution in [-0.4, -0.2) is 61.0 Å². The van der Waals surface area contributed by atoms with Crippen LogP contribution in [0.1, 0.15) is 47.5 Å². The number of nitrogens with zero attached hydrogens (tertiary/aromatic N) is 2. The molecule has 0 spiro atoms. The van der Waals surface area contributed by atoms with Gasteiger partial charge < -0.3 is 15.1 Å². The Morgan fingerprint density at radius 2 is 1.71 bits per heavy atom. The topological polar surface area (TPSA) is 35.6 Å². The maximum Gasteiger partial charge on any atom is 0.222 e. The van der Waals surface area contributed by atoms with Gasteiger partial charge in [-0.2, -0.15) is 0 Å². The first-order valence-corrected chi connectivity index (χ1v) is 8.83. The SMILES string of the molecule is CC.CCN1CC(CN2CCC(NC(=O)C(C)C)CC2)C1. The number of amides is 1. The van der Waals surface area contributed by atoms with Crippen molar-refractivity contribution in [2.75, 3.05) is 39.3 Å². The van der Waals surface area contributed by atoms with E-state index in [4.69, 9.17) is 0 Å². The van der Waals surface area contributed by atoms with Gasteiger partial charge in [-0.15, -0.1) is 0 Å². The third-order valence-electron chi connectivity index (χ3n) is 4.45. The molecule has 2 saturated heterocycles. The highest BCUT2D eigenvalue weighted by atomic mass is 16.1. The summed E-state index contributed by atoms with van der Waals surface area (Å²) >= 11 is 0. The second kappa shape index (κ2) is 9.42. The van der Waals surface area contributed by atoms with Gasteiger partial charge in [0.1, 0.15) is 0 Å². The third-order valence-corrected chi connectivity index (χ3v) is 4.45. The van der Waals surface area contributed by atoms with Crippen LogP contribution in [0.5, 0.6) is 0 Å². The lowest BCUT2D eigenvalue weighted by Crippen LogP contribution is -2.53.